The number of ether oxygens (including phenoxy) is 3. The lowest BCUT2D eigenvalue weighted by atomic mass is 10.1. The summed E-state index contributed by atoms with van der Waals surface area (Å²) in [6, 6.07) is 12.2. The third kappa shape index (κ3) is 6.02. The van der Waals surface area contributed by atoms with Crippen molar-refractivity contribution in [2.75, 3.05) is 45.2 Å². The number of anilines is 1. The van der Waals surface area contributed by atoms with Crippen LogP contribution in [0, 0.1) is 12.8 Å². The number of nitrogens with two attached hydrogens (primary N) is 1. The number of benzene rings is 2. The average Bonchev–Trinajstić information content (AvgIpc) is 3.06. The first-order chi connectivity index (χ1) is 16.4. The predicted octanol–water partition coefficient (Wildman–Crippen LogP) is 3.62. The smallest absolute Gasteiger partial charge is 0.253 e. The molecule has 4 rings (SSSR count). The molecule has 2 aromatic rings. The van der Waals surface area contributed by atoms with Gasteiger partial charge < -0.3 is 24.8 Å². The van der Waals surface area contributed by atoms with Crippen LogP contribution in [0.4, 0.5) is 5.69 Å². The SMILES string of the molecule is Cc1ccccc1CN1CCOC(C(=O)N(Cc2cc(N)c3c(c2)OCCCO3)CC(C)C)C1. The van der Waals surface area contributed by atoms with Crippen LogP contribution in [0.2, 0.25) is 0 Å². The first kappa shape index (κ1) is 24.4. The van der Waals surface area contributed by atoms with Crippen LogP contribution in [-0.4, -0.2) is 61.3 Å². The Morgan fingerprint density at radius 1 is 1.18 bits per heavy atom. The predicted molar refractivity (Wildman–Crippen MR) is 133 cm³/mol. The molecule has 2 aliphatic heterocycles. The van der Waals surface area contributed by atoms with Gasteiger partial charge in [0.25, 0.3) is 5.91 Å². The lowest BCUT2D eigenvalue weighted by molar-refractivity contribution is -0.151. The maximum absolute atomic E-state index is 13.6. The van der Waals surface area contributed by atoms with Crippen LogP contribution in [0.3, 0.4) is 0 Å². The van der Waals surface area contributed by atoms with Gasteiger partial charge in [0, 0.05) is 39.1 Å². The number of aryl methyl sites for hydroxylation is 1. The Labute approximate surface area is 202 Å². The van der Waals surface area contributed by atoms with Crippen LogP contribution in [0.1, 0.15) is 37.0 Å². The number of carbonyl (C=O) groups is 1. The first-order valence-electron chi connectivity index (χ1n) is 12.3. The first-order valence-corrected chi connectivity index (χ1v) is 12.3. The van der Waals surface area contributed by atoms with Crippen molar-refractivity contribution in [2.45, 2.75) is 46.4 Å². The summed E-state index contributed by atoms with van der Waals surface area (Å²) in [6.45, 7) is 11.4. The molecule has 1 amide bonds. The Morgan fingerprint density at radius 2 is 1.97 bits per heavy atom. The van der Waals surface area contributed by atoms with Crippen molar-refractivity contribution >= 4 is 11.6 Å². The molecule has 2 heterocycles. The summed E-state index contributed by atoms with van der Waals surface area (Å²) in [5, 5.41) is 0. The van der Waals surface area contributed by atoms with Crippen molar-refractivity contribution in [3.8, 4) is 11.5 Å². The van der Waals surface area contributed by atoms with Gasteiger partial charge in [-0.3, -0.25) is 9.69 Å². The topological polar surface area (TPSA) is 77.3 Å². The molecule has 0 saturated carbocycles. The van der Waals surface area contributed by atoms with Gasteiger partial charge in [-0.1, -0.05) is 38.1 Å². The summed E-state index contributed by atoms with van der Waals surface area (Å²) in [6.07, 6.45) is 0.341. The zero-order valence-corrected chi connectivity index (χ0v) is 20.6. The summed E-state index contributed by atoms with van der Waals surface area (Å²) in [7, 11) is 0. The van der Waals surface area contributed by atoms with E-state index in [1.54, 1.807) is 0 Å². The molecule has 1 saturated heterocycles. The van der Waals surface area contributed by atoms with Gasteiger partial charge in [-0.15, -0.1) is 0 Å². The third-order valence-electron chi connectivity index (χ3n) is 6.29. The van der Waals surface area contributed by atoms with Crippen molar-refractivity contribution in [3.05, 3.63) is 53.1 Å². The van der Waals surface area contributed by atoms with Gasteiger partial charge in [-0.2, -0.15) is 0 Å². The number of rotatable bonds is 7. The monoisotopic (exact) mass is 467 g/mol. The molecule has 184 valence electrons. The second-order valence-electron chi connectivity index (χ2n) is 9.70. The Morgan fingerprint density at radius 3 is 2.76 bits per heavy atom. The fraction of sp³-hybridized carbons (Fsp3) is 0.519. The quantitative estimate of drug-likeness (QED) is 0.627. The average molecular weight is 468 g/mol. The van der Waals surface area contributed by atoms with E-state index < -0.39 is 6.10 Å². The molecule has 2 aromatic carbocycles. The molecule has 1 fully saturated rings. The van der Waals surface area contributed by atoms with Gasteiger partial charge >= 0.3 is 0 Å². The molecular formula is C27H37N3O4. The maximum atomic E-state index is 13.6. The van der Waals surface area contributed by atoms with Gasteiger partial charge in [0.1, 0.15) is 6.10 Å². The number of morpholine rings is 1. The number of carbonyl (C=O) groups excluding carboxylic acids is 1. The number of fused-ring (bicyclic) bond motifs is 1. The minimum atomic E-state index is -0.478. The molecule has 1 atom stereocenters. The standard InChI is InChI=1S/C27H37N3O4/c1-19(2)15-30(16-21-13-23(28)26-24(14-21)32-10-6-11-34-26)27(31)25-18-29(9-12-33-25)17-22-8-5-4-7-20(22)3/h4-5,7-8,13-14,19,25H,6,9-12,15-18,28H2,1-3H3. The van der Waals surface area contributed by atoms with Crippen molar-refractivity contribution in [1.82, 2.24) is 9.80 Å². The van der Waals surface area contributed by atoms with Crippen LogP contribution in [0.15, 0.2) is 36.4 Å². The van der Waals surface area contributed by atoms with Gasteiger partial charge in [0.2, 0.25) is 0 Å². The van der Waals surface area contributed by atoms with E-state index in [-0.39, 0.29) is 5.91 Å². The Bertz CT molecular complexity index is 994. The summed E-state index contributed by atoms with van der Waals surface area (Å²) in [4.78, 5) is 17.8. The van der Waals surface area contributed by atoms with Crippen molar-refractivity contribution in [1.29, 1.82) is 0 Å². The summed E-state index contributed by atoms with van der Waals surface area (Å²) in [5.41, 5.74) is 10.3. The van der Waals surface area contributed by atoms with E-state index in [1.165, 1.54) is 11.1 Å². The molecule has 2 N–H and O–H groups in total. The zero-order valence-electron chi connectivity index (χ0n) is 20.6. The number of hydrogen-bond donors (Lipinski definition) is 1. The molecule has 7 nitrogen and oxygen atoms in total. The Kier molecular flexibility index (Phi) is 7.95. The highest BCUT2D eigenvalue weighted by Gasteiger charge is 2.31. The van der Waals surface area contributed by atoms with E-state index in [0.29, 0.717) is 62.6 Å². The van der Waals surface area contributed by atoms with E-state index >= 15 is 0 Å². The lowest BCUT2D eigenvalue weighted by Gasteiger charge is -2.36. The molecule has 0 spiro atoms. The van der Waals surface area contributed by atoms with Crippen LogP contribution in [0.5, 0.6) is 11.5 Å². The second-order valence-corrected chi connectivity index (χ2v) is 9.70. The lowest BCUT2D eigenvalue weighted by Crippen LogP contribution is -2.51. The largest absolute Gasteiger partial charge is 0.489 e. The minimum absolute atomic E-state index is 0.0221. The van der Waals surface area contributed by atoms with Crippen LogP contribution in [0.25, 0.3) is 0 Å². The minimum Gasteiger partial charge on any atom is -0.489 e. The van der Waals surface area contributed by atoms with Crippen molar-refractivity contribution < 1.29 is 19.0 Å². The zero-order chi connectivity index (χ0) is 24.1. The van der Waals surface area contributed by atoms with Crippen LogP contribution >= 0.6 is 0 Å². The molecule has 0 radical (unpaired) electrons. The summed E-state index contributed by atoms with van der Waals surface area (Å²) >= 11 is 0. The molecule has 0 aliphatic carbocycles. The molecular weight excluding hydrogens is 430 g/mol. The maximum Gasteiger partial charge on any atom is 0.253 e. The molecule has 34 heavy (non-hydrogen) atoms. The number of nitrogens with zero attached hydrogens (tertiary/aromatic N) is 2. The highest BCUT2D eigenvalue weighted by atomic mass is 16.5. The second kappa shape index (κ2) is 11.1. The highest BCUT2D eigenvalue weighted by molar-refractivity contribution is 5.81. The Balaban J connectivity index is 1.47. The van der Waals surface area contributed by atoms with Gasteiger partial charge in [-0.25, -0.2) is 0 Å². The van der Waals surface area contributed by atoms with E-state index in [0.717, 1.165) is 25.1 Å². The van der Waals surface area contributed by atoms with Crippen molar-refractivity contribution in [3.63, 3.8) is 0 Å². The summed E-state index contributed by atoms with van der Waals surface area (Å²) in [5.74, 6) is 1.61. The van der Waals surface area contributed by atoms with Crippen molar-refractivity contribution in [2.24, 2.45) is 5.92 Å². The van der Waals surface area contributed by atoms with E-state index in [2.05, 4.69) is 49.9 Å². The third-order valence-corrected chi connectivity index (χ3v) is 6.29. The van der Waals surface area contributed by atoms with E-state index in [4.69, 9.17) is 19.9 Å². The molecule has 0 bridgehead atoms. The molecule has 7 heteroatoms. The van der Waals surface area contributed by atoms with Crippen LogP contribution in [-0.2, 0) is 22.6 Å². The van der Waals surface area contributed by atoms with E-state index in [1.807, 2.05) is 17.0 Å². The van der Waals surface area contributed by atoms with E-state index in [9.17, 15) is 4.79 Å². The van der Waals surface area contributed by atoms with Gasteiger partial charge in [0.15, 0.2) is 11.5 Å². The number of amides is 1. The normalized spacial score (nSPS) is 18.5. The number of nitrogen functional groups attached to an aromatic ring is 1. The highest BCUT2D eigenvalue weighted by Crippen LogP contribution is 2.37. The molecule has 2 aliphatic rings. The molecule has 0 aromatic heterocycles. The fourth-order valence-corrected chi connectivity index (χ4v) is 4.57. The Hall–Kier alpha value is -2.77. The van der Waals surface area contributed by atoms with Crippen LogP contribution < -0.4 is 15.2 Å². The summed E-state index contributed by atoms with van der Waals surface area (Å²) < 4.78 is 17.6. The van der Waals surface area contributed by atoms with Gasteiger partial charge in [-0.05, 0) is 41.7 Å². The fourth-order valence-electron chi connectivity index (χ4n) is 4.57. The van der Waals surface area contributed by atoms with Gasteiger partial charge in [0.05, 0.1) is 25.5 Å². The number of hydrogen-bond acceptors (Lipinski definition) is 6. The molecule has 1 unspecified atom stereocenters.